The SMILES string of the molecule is CCNc1nc(Cl)nc(N(C)C2CCCCC2)n1. The maximum Gasteiger partial charge on any atom is 0.231 e. The second-order valence-corrected chi connectivity index (χ2v) is 5.00. The average Bonchev–Trinajstić information content (AvgIpc) is 2.38. The molecule has 0 amide bonds. The van der Waals surface area contributed by atoms with Crippen LogP contribution in [0, 0.1) is 0 Å². The molecule has 1 aromatic rings. The first-order valence-corrected chi connectivity index (χ1v) is 6.96. The van der Waals surface area contributed by atoms with Gasteiger partial charge in [-0.15, -0.1) is 0 Å². The van der Waals surface area contributed by atoms with Gasteiger partial charge >= 0.3 is 0 Å². The molecule has 0 spiro atoms. The van der Waals surface area contributed by atoms with Crippen molar-refractivity contribution in [2.75, 3.05) is 23.8 Å². The third-order valence-corrected chi connectivity index (χ3v) is 3.54. The maximum atomic E-state index is 5.94. The minimum atomic E-state index is 0.249. The highest BCUT2D eigenvalue weighted by Gasteiger charge is 2.21. The van der Waals surface area contributed by atoms with Gasteiger partial charge in [0.1, 0.15) is 0 Å². The molecule has 18 heavy (non-hydrogen) atoms. The van der Waals surface area contributed by atoms with E-state index in [0.29, 0.717) is 17.9 Å². The number of hydrogen-bond donors (Lipinski definition) is 1. The second kappa shape index (κ2) is 6.18. The van der Waals surface area contributed by atoms with Crippen LogP contribution in [0.3, 0.4) is 0 Å². The van der Waals surface area contributed by atoms with Crippen LogP contribution in [0.1, 0.15) is 39.0 Å². The fourth-order valence-corrected chi connectivity index (χ4v) is 2.52. The maximum absolute atomic E-state index is 5.94. The fourth-order valence-electron chi connectivity index (χ4n) is 2.37. The molecule has 5 nitrogen and oxygen atoms in total. The number of aromatic nitrogens is 3. The molecule has 2 rings (SSSR count). The van der Waals surface area contributed by atoms with Crippen molar-refractivity contribution in [3.05, 3.63) is 5.28 Å². The molecule has 0 aliphatic heterocycles. The summed E-state index contributed by atoms with van der Waals surface area (Å²) in [5.74, 6) is 1.22. The lowest BCUT2D eigenvalue weighted by Gasteiger charge is -2.31. The standard InChI is InChI=1S/C12H20ClN5/c1-3-14-11-15-10(13)16-12(17-11)18(2)9-7-5-4-6-8-9/h9H,3-8H2,1-2H3,(H,14,15,16,17). The zero-order valence-corrected chi connectivity index (χ0v) is 11.7. The zero-order chi connectivity index (χ0) is 13.0. The molecule has 1 aliphatic carbocycles. The minimum absolute atomic E-state index is 0.249. The summed E-state index contributed by atoms with van der Waals surface area (Å²) in [6.07, 6.45) is 6.32. The van der Waals surface area contributed by atoms with Crippen LogP contribution in [0.15, 0.2) is 0 Å². The Labute approximate surface area is 113 Å². The molecule has 0 aromatic carbocycles. The predicted octanol–water partition coefficient (Wildman–Crippen LogP) is 2.73. The summed E-state index contributed by atoms with van der Waals surface area (Å²) < 4.78 is 0. The summed E-state index contributed by atoms with van der Waals surface area (Å²) in [5, 5.41) is 3.32. The van der Waals surface area contributed by atoms with Gasteiger partial charge in [0.25, 0.3) is 0 Å². The Morgan fingerprint density at radius 1 is 1.22 bits per heavy atom. The first kappa shape index (κ1) is 13.3. The van der Waals surface area contributed by atoms with Crippen LogP contribution in [0.2, 0.25) is 5.28 Å². The Kier molecular flexibility index (Phi) is 4.58. The van der Waals surface area contributed by atoms with Gasteiger partial charge in [0.05, 0.1) is 0 Å². The van der Waals surface area contributed by atoms with Crippen LogP contribution >= 0.6 is 11.6 Å². The van der Waals surface area contributed by atoms with E-state index in [2.05, 4.69) is 25.2 Å². The first-order valence-electron chi connectivity index (χ1n) is 6.59. The van der Waals surface area contributed by atoms with Crippen molar-refractivity contribution >= 4 is 23.5 Å². The lowest BCUT2D eigenvalue weighted by atomic mass is 9.95. The number of hydrogen-bond acceptors (Lipinski definition) is 5. The monoisotopic (exact) mass is 269 g/mol. The molecule has 1 saturated carbocycles. The highest BCUT2D eigenvalue weighted by molar-refractivity contribution is 6.28. The van der Waals surface area contributed by atoms with Crippen LogP contribution in [0.25, 0.3) is 0 Å². The largest absolute Gasteiger partial charge is 0.354 e. The van der Waals surface area contributed by atoms with Crippen LogP contribution in [-0.4, -0.2) is 34.6 Å². The smallest absolute Gasteiger partial charge is 0.231 e. The van der Waals surface area contributed by atoms with Gasteiger partial charge in [-0.2, -0.15) is 15.0 Å². The van der Waals surface area contributed by atoms with Crippen molar-refractivity contribution in [1.82, 2.24) is 15.0 Å². The van der Waals surface area contributed by atoms with Crippen LogP contribution in [0.4, 0.5) is 11.9 Å². The third-order valence-electron chi connectivity index (χ3n) is 3.37. The van der Waals surface area contributed by atoms with E-state index in [-0.39, 0.29) is 5.28 Å². The number of anilines is 2. The summed E-state index contributed by atoms with van der Waals surface area (Å²) in [7, 11) is 2.04. The van der Waals surface area contributed by atoms with E-state index in [1.807, 2.05) is 14.0 Å². The molecule has 0 radical (unpaired) electrons. The van der Waals surface area contributed by atoms with Crippen molar-refractivity contribution in [3.63, 3.8) is 0 Å². The topological polar surface area (TPSA) is 53.9 Å². The molecular weight excluding hydrogens is 250 g/mol. The van der Waals surface area contributed by atoms with E-state index in [4.69, 9.17) is 11.6 Å². The van der Waals surface area contributed by atoms with Gasteiger partial charge in [0.2, 0.25) is 17.2 Å². The molecule has 0 unspecified atom stereocenters. The third kappa shape index (κ3) is 3.22. The van der Waals surface area contributed by atoms with Crippen LogP contribution in [-0.2, 0) is 0 Å². The number of nitrogens with zero attached hydrogens (tertiary/aromatic N) is 4. The van der Waals surface area contributed by atoms with E-state index in [0.717, 1.165) is 6.54 Å². The van der Waals surface area contributed by atoms with Gasteiger partial charge < -0.3 is 10.2 Å². The van der Waals surface area contributed by atoms with Crippen molar-refractivity contribution in [1.29, 1.82) is 0 Å². The minimum Gasteiger partial charge on any atom is -0.354 e. The Hall–Kier alpha value is -1.10. The zero-order valence-electron chi connectivity index (χ0n) is 11.0. The lowest BCUT2D eigenvalue weighted by Crippen LogP contribution is -2.34. The summed E-state index contributed by atoms with van der Waals surface area (Å²) in [6.45, 7) is 2.77. The summed E-state index contributed by atoms with van der Waals surface area (Å²) in [5.41, 5.74) is 0. The fraction of sp³-hybridized carbons (Fsp3) is 0.750. The Bertz CT molecular complexity index is 392. The van der Waals surface area contributed by atoms with Crippen LogP contribution in [0.5, 0.6) is 0 Å². The summed E-state index contributed by atoms with van der Waals surface area (Å²) in [4.78, 5) is 14.8. The highest BCUT2D eigenvalue weighted by Crippen LogP contribution is 2.24. The number of rotatable bonds is 4. The molecule has 100 valence electrons. The Morgan fingerprint density at radius 3 is 2.61 bits per heavy atom. The molecule has 1 fully saturated rings. The van der Waals surface area contributed by atoms with Crippen LogP contribution < -0.4 is 10.2 Å². The molecule has 1 aromatic heterocycles. The lowest BCUT2D eigenvalue weighted by molar-refractivity contribution is 0.424. The van der Waals surface area contributed by atoms with Gasteiger partial charge in [-0.1, -0.05) is 19.3 Å². The molecule has 1 aliphatic rings. The molecular formula is C12H20ClN5. The van der Waals surface area contributed by atoms with E-state index in [1.54, 1.807) is 0 Å². The second-order valence-electron chi connectivity index (χ2n) is 4.66. The van der Waals surface area contributed by atoms with E-state index in [1.165, 1.54) is 32.1 Å². The molecule has 6 heteroatoms. The van der Waals surface area contributed by atoms with Crippen molar-refractivity contribution in [2.24, 2.45) is 0 Å². The average molecular weight is 270 g/mol. The van der Waals surface area contributed by atoms with Gasteiger partial charge in [-0.25, -0.2) is 0 Å². The van der Waals surface area contributed by atoms with E-state index >= 15 is 0 Å². The normalized spacial score (nSPS) is 16.6. The molecule has 0 saturated heterocycles. The Morgan fingerprint density at radius 2 is 1.94 bits per heavy atom. The van der Waals surface area contributed by atoms with Crippen molar-refractivity contribution in [2.45, 2.75) is 45.1 Å². The quantitative estimate of drug-likeness (QED) is 0.911. The Balaban J connectivity index is 2.15. The molecule has 0 atom stereocenters. The van der Waals surface area contributed by atoms with Gasteiger partial charge in [0.15, 0.2) is 0 Å². The summed E-state index contributed by atoms with van der Waals surface area (Å²) >= 11 is 5.94. The highest BCUT2D eigenvalue weighted by atomic mass is 35.5. The van der Waals surface area contributed by atoms with E-state index in [9.17, 15) is 0 Å². The van der Waals surface area contributed by atoms with E-state index < -0.39 is 0 Å². The number of halogens is 1. The molecule has 0 bridgehead atoms. The van der Waals surface area contributed by atoms with Crippen molar-refractivity contribution < 1.29 is 0 Å². The van der Waals surface area contributed by atoms with Gasteiger partial charge in [-0.05, 0) is 31.4 Å². The first-order chi connectivity index (χ1) is 8.70. The molecule has 1 heterocycles. The van der Waals surface area contributed by atoms with Gasteiger partial charge in [0, 0.05) is 19.6 Å². The van der Waals surface area contributed by atoms with Crippen molar-refractivity contribution in [3.8, 4) is 0 Å². The summed E-state index contributed by atoms with van der Waals surface area (Å²) in [6, 6.07) is 0.520. The van der Waals surface area contributed by atoms with Gasteiger partial charge in [-0.3, -0.25) is 0 Å². The predicted molar refractivity (Wildman–Crippen MR) is 74.3 cm³/mol. The molecule has 1 N–H and O–H groups in total. The number of nitrogens with one attached hydrogen (secondary N) is 1.